The topological polar surface area (TPSA) is 12.9 Å². The molecule has 0 atom stereocenters. The highest BCUT2D eigenvalue weighted by molar-refractivity contribution is 7.21. The Morgan fingerprint density at radius 3 is 1.69 bits per heavy atom. The number of hydrogen-bond donors (Lipinski definition) is 0. The molecule has 0 aliphatic heterocycles. The molecule has 0 spiro atoms. The lowest BCUT2D eigenvalue weighted by Crippen LogP contribution is -2.14. The Kier molecular flexibility index (Phi) is 7.26. The van der Waals surface area contributed by atoms with Crippen molar-refractivity contribution < 1.29 is 0 Å². The SMILES string of the molecule is CC1(C)c2ccccc2-c2ccc(-c3ccc4c(-c5ccc(-c6nc7ccccc7s6)cc5)c5ccccc5c(-c5cccc6c5-c5ccccc5C6(C)C)c4c3)cc21. The number of rotatable bonds is 4. The van der Waals surface area contributed by atoms with Crippen LogP contribution in [0.3, 0.4) is 0 Å². The van der Waals surface area contributed by atoms with Crippen LogP contribution in [-0.4, -0.2) is 4.98 Å². The van der Waals surface area contributed by atoms with Crippen molar-refractivity contribution in [2.75, 3.05) is 0 Å². The number of aromatic nitrogens is 1. The summed E-state index contributed by atoms with van der Waals surface area (Å²) >= 11 is 1.75. The Balaban J connectivity index is 1.12. The van der Waals surface area contributed by atoms with Crippen molar-refractivity contribution in [3.63, 3.8) is 0 Å². The van der Waals surface area contributed by atoms with Gasteiger partial charge < -0.3 is 0 Å². The number of benzene rings is 9. The van der Waals surface area contributed by atoms with Gasteiger partial charge in [0.1, 0.15) is 5.01 Å². The molecular weight excluding hydrogens is 731 g/mol. The van der Waals surface area contributed by atoms with Crippen LogP contribution in [-0.2, 0) is 10.8 Å². The van der Waals surface area contributed by atoms with Crippen LogP contribution < -0.4 is 0 Å². The Bertz CT molecular complexity index is 3340. The number of nitrogens with zero attached hydrogens (tertiary/aromatic N) is 1. The van der Waals surface area contributed by atoms with E-state index < -0.39 is 0 Å². The molecule has 0 saturated carbocycles. The fourth-order valence-corrected chi connectivity index (χ4v) is 11.6. The molecule has 59 heavy (non-hydrogen) atoms. The first-order valence-corrected chi connectivity index (χ1v) is 21.5. The van der Waals surface area contributed by atoms with Gasteiger partial charge in [-0.3, -0.25) is 0 Å². The van der Waals surface area contributed by atoms with E-state index in [1.165, 1.54) is 104 Å². The number of hydrogen-bond acceptors (Lipinski definition) is 2. The van der Waals surface area contributed by atoms with Crippen LogP contribution in [0.2, 0.25) is 0 Å². The van der Waals surface area contributed by atoms with E-state index in [4.69, 9.17) is 4.98 Å². The van der Waals surface area contributed by atoms with Gasteiger partial charge in [0, 0.05) is 16.4 Å². The first-order valence-electron chi connectivity index (χ1n) is 20.7. The second kappa shape index (κ2) is 12.4. The highest BCUT2D eigenvalue weighted by Gasteiger charge is 2.38. The Morgan fingerprint density at radius 2 is 0.898 bits per heavy atom. The number of thiazole rings is 1. The normalized spacial score (nSPS) is 14.4. The molecule has 1 nitrogen and oxygen atoms in total. The predicted molar refractivity (Wildman–Crippen MR) is 252 cm³/mol. The fraction of sp³-hybridized carbons (Fsp3) is 0.105. The molecule has 1 aromatic heterocycles. The standard InChI is InChI=1S/C57H41NS/c1-56(2)47-20-10-8-17-43(47)54-44(18-13-21-48(54)56)53-41-16-6-5-15-40(41)52(34-24-26-35(27-25-34)55-58-50-22-11-12-23-51(50)59-55)42-31-29-36(32-45(42)53)37-28-30-39-38-14-7-9-19-46(38)57(3,4)49(39)33-37/h5-33H,1-4H3. The van der Waals surface area contributed by atoms with Crippen LogP contribution in [0.25, 0.3) is 98.0 Å². The summed E-state index contributed by atoms with van der Waals surface area (Å²) in [7, 11) is 0. The van der Waals surface area contributed by atoms with E-state index >= 15 is 0 Å². The average molecular weight is 772 g/mol. The zero-order valence-corrected chi connectivity index (χ0v) is 34.4. The highest BCUT2D eigenvalue weighted by Crippen LogP contribution is 2.55. The van der Waals surface area contributed by atoms with E-state index in [-0.39, 0.29) is 10.8 Å². The van der Waals surface area contributed by atoms with Crippen molar-refractivity contribution in [2.24, 2.45) is 0 Å². The molecular formula is C57H41NS. The molecule has 0 bridgehead atoms. The Hall–Kier alpha value is -6.61. The molecule has 1 heterocycles. The van der Waals surface area contributed by atoms with E-state index in [0.29, 0.717) is 0 Å². The quantitative estimate of drug-likeness (QED) is 0.162. The van der Waals surface area contributed by atoms with Crippen LogP contribution in [0.5, 0.6) is 0 Å². The van der Waals surface area contributed by atoms with E-state index in [2.05, 4.69) is 204 Å². The summed E-state index contributed by atoms with van der Waals surface area (Å²) in [4.78, 5) is 4.98. The summed E-state index contributed by atoms with van der Waals surface area (Å²) in [5.41, 5.74) is 20.5. The zero-order valence-electron chi connectivity index (χ0n) is 33.6. The van der Waals surface area contributed by atoms with Crippen molar-refractivity contribution in [1.82, 2.24) is 4.98 Å². The summed E-state index contributed by atoms with van der Waals surface area (Å²) in [6.45, 7) is 9.50. The minimum atomic E-state index is -0.0988. The van der Waals surface area contributed by atoms with Gasteiger partial charge in [-0.05, 0) is 124 Å². The van der Waals surface area contributed by atoms with Gasteiger partial charge in [-0.15, -0.1) is 11.3 Å². The zero-order chi connectivity index (χ0) is 39.6. The van der Waals surface area contributed by atoms with Crippen molar-refractivity contribution in [2.45, 2.75) is 38.5 Å². The molecule has 0 radical (unpaired) electrons. The third-order valence-electron chi connectivity index (χ3n) is 13.5. The van der Waals surface area contributed by atoms with Gasteiger partial charge >= 0.3 is 0 Å². The average Bonchev–Trinajstić information content (AvgIpc) is 3.89. The van der Waals surface area contributed by atoms with E-state index in [1.807, 2.05) is 0 Å². The third kappa shape index (κ3) is 4.93. The first-order chi connectivity index (χ1) is 28.8. The van der Waals surface area contributed by atoms with Crippen molar-refractivity contribution in [1.29, 1.82) is 0 Å². The van der Waals surface area contributed by atoms with Gasteiger partial charge in [-0.25, -0.2) is 4.98 Å². The maximum atomic E-state index is 4.98. The molecule has 0 amide bonds. The molecule has 0 N–H and O–H groups in total. The molecule has 2 heteroatoms. The molecule has 10 aromatic rings. The molecule has 12 rings (SSSR count). The number of para-hydroxylation sites is 1. The molecule has 0 unspecified atom stereocenters. The van der Waals surface area contributed by atoms with E-state index in [0.717, 1.165) is 16.1 Å². The van der Waals surface area contributed by atoms with Gasteiger partial charge in [0.25, 0.3) is 0 Å². The van der Waals surface area contributed by atoms with E-state index in [9.17, 15) is 0 Å². The minimum absolute atomic E-state index is 0.0738. The molecule has 9 aromatic carbocycles. The lowest BCUT2D eigenvalue weighted by atomic mass is 9.80. The summed E-state index contributed by atoms with van der Waals surface area (Å²) in [5.74, 6) is 0. The van der Waals surface area contributed by atoms with Crippen molar-refractivity contribution >= 4 is 43.1 Å². The van der Waals surface area contributed by atoms with Crippen LogP contribution in [0, 0.1) is 0 Å². The first kappa shape index (κ1) is 34.4. The second-order valence-electron chi connectivity index (χ2n) is 17.4. The second-order valence-corrected chi connectivity index (χ2v) is 18.5. The maximum absolute atomic E-state index is 4.98. The Morgan fingerprint density at radius 1 is 0.356 bits per heavy atom. The summed E-state index contributed by atoms with van der Waals surface area (Å²) in [5, 5.41) is 6.10. The summed E-state index contributed by atoms with van der Waals surface area (Å²) in [6, 6.07) is 65.9. The van der Waals surface area contributed by atoms with Gasteiger partial charge in [-0.2, -0.15) is 0 Å². The van der Waals surface area contributed by atoms with Crippen molar-refractivity contribution in [3.8, 4) is 66.2 Å². The van der Waals surface area contributed by atoms with Crippen LogP contribution >= 0.6 is 11.3 Å². The van der Waals surface area contributed by atoms with Crippen LogP contribution in [0.15, 0.2) is 176 Å². The minimum Gasteiger partial charge on any atom is -0.236 e. The largest absolute Gasteiger partial charge is 0.236 e. The van der Waals surface area contributed by atoms with Crippen LogP contribution in [0.1, 0.15) is 49.9 Å². The number of fused-ring (bicyclic) bond motifs is 9. The van der Waals surface area contributed by atoms with Gasteiger partial charge in [-0.1, -0.05) is 179 Å². The third-order valence-corrected chi connectivity index (χ3v) is 14.6. The molecule has 2 aliphatic rings. The predicted octanol–water partition coefficient (Wildman–Crippen LogP) is 15.9. The van der Waals surface area contributed by atoms with E-state index in [1.54, 1.807) is 11.3 Å². The maximum Gasteiger partial charge on any atom is 0.124 e. The molecule has 280 valence electrons. The van der Waals surface area contributed by atoms with Gasteiger partial charge in [0.05, 0.1) is 10.2 Å². The lowest BCUT2D eigenvalue weighted by molar-refractivity contribution is 0.660. The molecule has 0 fully saturated rings. The lowest BCUT2D eigenvalue weighted by Gasteiger charge is -2.23. The summed E-state index contributed by atoms with van der Waals surface area (Å²) < 4.78 is 1.21. The van der Waals surface area contributed by atoms with Gasteiger partial charge in [0.2, 0.25) is 0 Å². The van der Waals surface area contributed by atoms with Crippen LogP contribution in [0.4, 0.5) is 0 Å². The molecule has 2 aliphatic carbocycles. The Labute approximate surface area is 349 Å². The monoisotopic (exact) mass is 771 g/mol. The highest BCUT2D eigenvalue weighted by atomic mass is 32.1. The summed E-state index contributed by atoms with van der Waals surface area (Å²) in [6.07, 6.45) is 0. The smallest absolute Gasteiger partial charge is 0.124 e. The van der Waals surface area contributed by atoms with Gasteiger partial charge in [0.15, 0.2) is 0 Å². The fourth-order valence-electron chi connectivity index (χ4n) is 10.6. The van der Waals surface area contributed by atoms with Crippen molar-refractivity contribution in [3.05, 3.63) is 198 Å². The molecule has 0 saturated heterocycles.